The quantitative estimate of drug-likeness (QED) is 0.902. The van der Waals surface area contributed by atoms with Gasteiger partial charge in [-0.2, -0.15) is 0 Å². The zero-order valence-corrected chi connectivity index (χ0v) is 13.2. The SMILES string of the molecule is COC(C)Cn1c(CNC(C)(C)C)cc2ccccc21. The standard InChI is InChI=1S/C17H26N2O/c1-13(20-5)12-19-15(11-18-17(2,3)4)10-14-8-6-7-9-16(14)19/h6-10,13,18H,11-12H2,1-5H3. The first-order valence-electron chi connectivity index (χ1n) is 7.25. The van der Waals surface area contributed by atoms with Crippen molar-refractivity contribution in [3.63, 3.8) is 0 Å². The van der Waals surface area contributed by atoms with E-state index in [0.717, 1.165) is 13.1 Å². The lowest BCUT2D eigenvalue weighted by Gasteiger charge is -2.22. The number of aromatic nitrogens is 1. The van der Waals surface area contributed by atoms with Crippen molar-refractivity contribution < 1.29 is 4.74 Å². The minimum Gasteiger partial charge on any atom is -0.380 e. The number of hydrogen-bond donors (Lipinski definition) is 1. The molecule has 2 rings (SSSR count). The minimum absolute atomic E-state index is 0.119. The second-order valence-electron chi connectivity index (χ2n) is 6.45. The van der Waals surface area contributed by atoms with E-state index in [4.69, 9.17) is 4.74 Å². The van der Waals surface area contributed by atoms with Crippen molar-refractivity contribution in [2.75, 3.05) is 7.11 Å². The molecule has 0 saturated carbocycles. The second-order valence-corrected chi connectivity index (χ2v) is 6.45. The Labute approximate surface area is 121 Å². The van der Waals surface area contributed by atoms with Crippen LogP contribution in [0, 0.1) is 0 Å². The van der Waals surface area contributed by atoms with E-state index in [1.54, 1.807) is 7.11 Å². The monoisotopic (exact) mass is 274 g/mol. The van der Waals surface area contributed by atoms with Crippen molar-refractivity contribution in [3.05, 3.63) is 36.0 Å². The van der Waals surface area contributed by atoms with Crippen LogP contribution in [0.5, 0.6) is 0 Å². The average Bonchev–Trinajstić information content (AvgIpc) is 2.74. The minimum atomic E-state index is 0.119. The van der Waals surface area contributed by atoms with Crippen LogP contribution in [-0.2, 0) is 17.8 Å². The van der Waals surface area contributed by atoms with E-state index < -0.39 is 0 Å². The summed E-state index contributed by atoms with van der Waals surface area (Å²) in [5, 5.41) is 4.86. The Hall–Kier alpha value is -1.32. The van der Waals surface area contributed by atoms with Gasteiger partial charge in [0.15, 0.2) is 0 Å². The summed E-state index contributed by atoms with van der Waals surface area (Å²) in [6.07, 6.45) is 0.208. The van der Waals surface area contributed by atoms with E-state index in [1.807, 2.05) is 0 Å². The van der Waals surface area contributed by atoms with E-state index in [9.17, 15) is 0 Å². The lowest BCUT2D eigenvalue weighted by molar-refractivity contribution is 0.103. The van der Waals surface area contributed by atoms with E-state index >= 15 is 0 Å². The lowest BCUT2D eigenvalue weighted by atomic mass is 10.1. The lowest BCUT2D eigenvalue weighted by Crippen LogP contribution is -2.35. The number of ether oxygens (including phenoxy) is 1. The summed E-state index contributed by atoms with van der Waals surface area (Å²) >= 11 is 0. The molecular weight excluding hydrogens is 248 g/mol. The molecule has 110 valence electrons. The molecule has 0 bridgehead atoms. The van der Waals surface area contributed by atoms with Crippen molar-refractivity contribution in [3.8, 4) is 0 Å². The Kier molecular flexibility index (Phi) is 4.51. The number of hydrogen-bond acceptors (Lipinski definition) is 2. The molecule has 3 heteroatoms. The highest BCUT2D eigenvalue weighted by Gasteiger charge is 2.14. The Bertz CT molecular complexity index is 566. The van der Waals surface area contributed by atoms with Gasteiger partial charge < -0.3 is 14.6 Å². The fourth-order valence-corrected chi connectivity index (χ4v) is 2.32. The van der Waals surface area contributed by atoms with E-state index in [-0.39, 0.29) is 11.6 Å². The molecule has 2 aromatic rings. The van der Waals surface area contributed by atoms with Crippen molar-refractivity contribution in [1.82, 2.24) is 9.88 Å². The van der Waals surface area contributed by atoms with Gasteiger partial charge in [0.25, 0.3) is 0 Å². The summed E-state index contributed by atoms with van der Waals surface area (Å²) in [4.78, 5) is 0. The fourth-order valence-electron chi connectivity index (χ4n) is 2.32. The molecule has 1 atom stereocenters. The van der Waals surface area contributed by atoms with Gasteiger partial charge in [-0.25, -0.2) is 0 Å². The topological polar surface area (TPSA) is 26.2 Å². The molecule has 1 unspecified atom stereocenters. The Balaban J connectivity index is 2.33. The maximum Gasteiger partial charge on any atom is 0.0722 e. The summed E-state index contributed by atoms with van der Waals surface area (Å²) in [5.74, 6) is 0. The van der Waals surface area contributed by atoms with Crippen molar-refractivity contribution in [1.29, 1.82) is 0 Å². The van der Waals surface area contributed by atoms with Gasteiger partial charge in [-0.3, -0.25) is 0 Å². The molecule has 1 heterocycles. The van der Waals surface area contributed by atoms with Crippen LogP contribution in [0.2, 0.25) is 0 Å². The van der Waals surface area contributed by atoms with Gasteiger partial charge >= 0.3 is 0 Å². The Morgan fingerprint density at radius 2 is 1.95 bits per heavy atom. The van der Waals surface area contributed by atoms with Crippen LogP contribution in [0.25, 0.3) is 10.9 Å². The molecule has 0 spiro atoms. The van der Waals surface area contributed by atoms with E-state index in [0.29, 0.717) is 0 Å². The van der Waals surface area contributed by atoms with Gasteiger partial charge in [0.2, 0.25) is 0 Å². The number of methoxy groups -OCH3 is 1. The Morgan fingerprint density at radius 1 is 1.25 bits per heavy atom. The number of benzene rings is 1. The van der Waals surface area contributed by atoms with Crippen LogP contribution < -0.4 is 5.32 Å². The third-order valence-corrected chi connectivity index (χ3v) is 3.54. The summed E-state index contributed by atoms with van der Waals surface area (Å²) in [5.41, 5.74) is 2.71. The van der Waals surface area contributed by atoms with Gasteiger partial charge in [0.1, 0.15) is 0 Å². The molecule has 20 heavy (non-hydrogen) atoms. The van der Waals surface area contributed by atoms with Crippen molar-refractivity contribution >= 4 is 10.9 Å². The number of nitrogens with zero attached hydrogens (tertiary/aromatic N) is 1. The van der Waals surface area contributed by atoms with Gasteiger partial charge in [-0.05, 0) is 45.2 Å². The highest BCUT2D eigenvalue weighted by Crippen LogP contribution is 2.21. The first kappa shape index (κ1) is 15.1. The number of nitrogens with one attached hydrogen (secondary N) is 1. The molecular formula is C17H26N2O. The molecule has 1 N–H and O–H groups in total. The molecule has 0 aliphatic rings. The summed E-state index contributed by atoms with van der Waals surface area (Å²) < 4.78 is 7.79. The van der Waals surface area contributed by atoms with Crippen LogP contribution >= 0.6 is 0 Å². The van der Waals surface area contributed by atoms with E-state index in [1.165, 1.54) is 16.6 Å². The first-order chi connectivity index (χ1) is 9.40. The average molecular weight is 274 g/mol. The summed E-state index contributed by atoms with van der Waals surface area (Å²) in [7, 11) is 1.77. The fraction of sp³-hybridized carbons (Fsp3) is 0.529. The second kappa shape index (κ2) is 5.98. The van der Waals surface area contributed by atoms with Gasteiger partial charge in [0, 0.05) is 36.9 Å². The third kappa shape index (κ3) is 3.62. The molecule has 0 saturated heterocycles. The molecule has 1 aromatic carbocycles. The highest BCUT2D eigenvalue weighted by molar-refractivity contribution is 5.81. The zero-order chi connectivity index (χ0) is 14.8. The molecule has 0 fully saturated rings. The predicted octanol–water partition coefficient (Wildman–Crippen LogP) is 3.56. The molecule has 0 amide bonds. The summed E-state index contributed by atoms with van der Waals surface area (Å²) in [6, 6.07) is 10.8. The maximum atomic E-state index is 5.43. The number of rotatable bonds is 5. The largest absolute Gasteiger partial charge is 0.380 e. The third-order valence-electron chi connectivity index (χ3n) is 3.54. The molecule has 0 aliphatic carbocycles. The van der Waals surface area contributed by atoms with Crippen LogP contribution in [0.1, 0.15) is 33.4 Å². The Morgan fingerprint density at radius 3 is 2.60 bits per heavy atom. The van der Waals surface area contributed by atoms with Crippen LogP contribution in [-0.4, -0.2) is 23.3 Å². The van der Waals surface area contributed by atoms with Crippen LogP contribution in [0.15, 0.2) is 30.3 Å². The normalized spacial score (nSPS) is 13.8. The van der Waals surface area contributed by atoms with Gasteiger partial charge in [0.05, 0.1) is 6.10 Å². The first-order valence-corrected chi connectivity index (χ1v) is 7.25. The maximum absolute atomic E-state index is 5.43. The van der Waals surface area contributed by atoms with Crippen molar-refractivity contribution in [2.45, 2.75) is 52.4 Å². The smallest absolute Gasteiger partial charge is 0.0722 e. The number of fused-ring (bicyclic) bond motifs is 1. The highest BCUT2D eigenvalue weighted by atomic mass is 16.5. The molecule has 0 aliphatic heterocycles. The van der Waals surface area contributed by atoms with Crippen LogP contribution in [0.4, 0.5) is 0 Å². The van der Waals surface area contributed by atoms with Crippen LogP contribution in [0.3, 0.4) is 0 Å². The summed E-state index contributed by atoms with van der Waals surface area (Å²) in [6.45, 7) is 10.4. The molecule has 3 nitrogen and oxygen atoms in total. The van der Waals surface area contributed by atoms with Crippen molar-refractivity contribution in [2.24, 2.45) is 0 Å². The number of para-hydroxylation sites is 1. The van der Waals surface area contributed by atoms with Gasteiger partial charge in [-0.15, -0.1) is 0 Å². The molecule has 0 radical (unpaired) electrons. The van der Waals surface area contributed by atoms with Gasteiger partial charge in [-0.1, -0.05) is 18.2 Å². The van der Waals surface area contributed by atoms with E-state index in [2.05, 4.69) is 67.9 Å². The predicted molar refractivity (Wildman–Crippen MR) is 85.0 cm³/mol. The zero-order valence-electron chi connectivity index (χ0n) is 13.2. The molecule has 1 aromatic heterocycles.